The smallest absolute Gasteiger partial charge is 0.338 e. The van der Waals surface area contributed by atoms with E-state index >= 15 is 0 Å². The molecule has 7 aliphatic heterocycles. The van der Waals surface area contributed by atoms with Crippen molar-refractivity contribution >= 4 is 5.97 Å². The lowest BCUT2D eigenvalue weighted by Gasteiger charge is -2.14. The number of carbonyl (C=O) groups is 1. The third-order valence-corrected chi connectivity index (χ3v) is 12.4. The van der Waals surface area contributed by atoms with Gasteiger partial charge in [0.1, 0.15) is 31.2 Å². The van der Waals surface area contributed by atoms with Gasteiger partial charge in [-0.25, -0.2) is 4.79 Å². The van der Waals surface area contributed by atoms with Crippen LogP contribution in [0.3, 0.4) is 0 Å². The van der Waals surface area contributed by atoms with Crippen LogP contribution in [0.15, 0.2) is 109 Å². The van der Waals surface area contributed by atoms with E-state index in [2.05, 4.69) is 71.4 Å². The molecule has 0 spiro atoms. The lowest BCUT2D eigenvalue weighted by atomic mass is 9.93. The largest absolute Gasteiger partial charge is 0.507 e. The van der Waals surface area contributed by atoms with Gasteiger partial charge in [-0.2, -0.15) is 0 Å². The van der Waals surface area contributed by atoms with E-state index in [1.165, 1.54) is 77.0 Å². The van der Waals surface area contributed by atoms with Gasteiger partial charge in [-0.05, 0) is 152 Å². The standard InChI is InChI=1S/C67H68O5/c1-2-72-67(69)63-53-64-61-43-39-59(40-44-61)47-51-70-49-25-19-15-11-7-3-5-9-13-17-21-27-55-31-35-57(36-32-55)29-23-24-30-58-37-33-56(34-38-58)28-22-18-14-10-6-4-8-12-16-20-26-50-71-52-48-60-41-45-62(46-42-60)65(54-63)66(64)68/h31-46,53-54,68H,2-20,25-26,49-50H2,1H3. The summed E-state index contributed by atoms with van der Waals surface area (Å²) in [6, 6.07) is 34.6. The fourth-order valence-electron chi connectivity index (χ4n) is 8.23. The van der Waals surface area contributed by atoms with E-state index in [1.807, 2.05) is 97.1 Å². The minimum atomic E-state index is -0.453. The van der Waals surface area contributed by atoms with E-state index in [-0.39, 0.29) is 12.4 Å². The fraction of sp³-hybridized carbons (Fsp3) is 0.358. The quantitative estimate of drug-likeness (QED) is 0.141. The predicted octanol–water partition coefficient (Wildman–Crippen LogP) is 15.2. The molecule has 0 fully saturated rings. The number of hydrogen-bond donors (Lipinski definition) is 1. The van der Waals surface area contributed by atoms with E-state index < -0.39 is 5.97 Å². The van der Waals surface area contributed by atoms with Crippen molar-refractivity contribution in [3.05, 3.63) is 148 Å². The highest BCUT2D eigenvalue weighted by molar-refractivity contribution is 5.96. The lowest BCUT2D eigenvalue weighted by molar-refractivity contribution is 0.0526. The average molecular weight is 953 g/mol. The molecule has 0 aliphatic carbocycles. The number of esters is 1. The summed E-state index contributed by atoms with van der Waals surface area (Å²) in [4.78, 5) is 13.0. The highest BCUT2D eigenvalue weighted by Crippen LogP contribution is 2.40. The first-order chi connectivity index (χ1) is 35.6. The molecule has 0 saturated heterocycles. The maximum absolute atomic E-state index is 13.0. The number of phenolic OH excluding ortho intramolecular Hbond substituents is 1. The SMILES string of the molecule is CCOC(=O)c1cc2c(O)c(c1)-c1ccc(cc1)C#COCCCCCCCCCCCC#Cc1ccc(cc1)C#CC#Cc1ccc(cc1)C#CCCCCCCCCCCCOC#Cc1ccc-2cc1. The van der Waals surface area contributed by atoms with Gasteiger partial charge in [0.2, 0.25) is 0 Å². The molecule has 1 N–H and O–H groups in total. The van der Waals surface area contributed by atoms with Crippen molar-refractivity contribution in [2.75, 3.05) is 19.8 Å². The van der Waals surface area contributed by atoms with Crippen molar-refractivity contribution < 1.29 is 24.1 Å². The first-order valence-corrected chi connectivity index (χ1v) is 26.3. The lowest BCUT2D eigenvalue weighted by Crippen LogP contribution is -2.05. The molecular weight excluding hydrogens is 885 g/mol. The third kappa shape index (κ3) is 20.0. The minimum Gasteiger partial charge on any atom is -0.507 e. The van der Waals surface area contributed by atoms with E-state index in [0.717, 1.165) is 95.9 Å². The zero-order chi connectivity index (χ0) is 50.1. The molecule has 0 aromatic heterocycles. The van der Waals surface area contributed by atoms with Crippen molar-refractivity contribution in [2.45, 2.75) is 135 Å². The number of benzene rings is 5. The molecule has 5 aromatic rings. The summed E-state index contributed by atoms with van der Waals surface area (Å²) >= 11 is 0. The van der Waals surface area contributed by atoms with Crippen LogP contribution >= 0.6 is 0 Å². The molecule has 7 aliphatic rings. The molecule has 0 saturated carbocycles. The van der Waals surface area contributed by atoms with Gasteiger partial charge in [-0.1, -0.05) is 150 Å². The molecule has 0 amide bonds. The zero-order valence-corrected chi connectivity index (χ0v) is 42.2. The molecule has 5 heteroatoms. The molecule has 10 bridgehead atoms. The summed E-state index contributed by atoms with van der Waals surface area (Å²) in [7, 11) is 0. The molecule has 5 aromatic carbocycles. The van der Waals surface area contributed by atoms with Crippen LogP contribution in [0.1, 0.15) is 179 Å². The van der Waals surface area contributed by atoms with E-state index in [9.17, 15) is 9.90 Å². The van der Waals surface area contributed by atoms with Crippen LogP contribution in [-0.2, 0) is 14.2 Å². The van der Waals surface area contributed by atoms with E-state index in [0.29, 0.717) is 29.9 Å². The van der Waals surface area contributed by atoms with Gasteiger partial charge >= 0.3 is 5.97 Å². The van der Waals surface area contributed by atoms with Crippen LogP contribution in [-0.4, -0.2) is 30.9 Å². The summed E-state index contributed by atoms with van der Waals surface area (Å²) in [5.41, 5.74) is 8.38. The first-order valence-electron chi connectivity index (χ1n) is 26.3. The van der Waals surface area contributed by atoms with Crippen molar-refractivity contribution in [2.24, 2.45) is 0 Å². The van der Waals surface area contributed by atoms with Gasteiger partial charge in [0, 0.05) is 57.3 Å². The molecule has 366 valence electrons. The van der Waals surface area contributed by atoms with Gasteiger partial charge < -0.3 is 19.3 Å². The second kappa shape index (κ2) is 32.3. The third-order valence-electron chi connectivity index (χ3n) is 12.4. The molecule has 7 heterocycles. The number of phenols is 1. The Morgan fingerprint density at radius 3 is 1.14 bits per heavy atom. The van der Waals surface area contributed by atoms with Crippen LogP contribution in [0.4, 0.5) is 0 Å². The fourth-order valence-corrected chi connectivity index (χ4v) is 8.23. The van der Waals surface area contributed by atoms with Crippen LogP contribution in [0.2, 0.25) is 0 Å². The maximum atomic E-state index is 13.0. The van der Waals surface area contributed by atoms with Crippen molar-refractivity contribution in [3.63, 3.8) is 0 Å². The Kier molecular flexibility index (Phi) is 24.1. The number of rotatable bonds is 2. The Morgan fingerprint density at radius 2 is 0.764 bits per heavy atom. The Labute approximate surface area is 430 Å². The Bertz CT molecular complexity index is 2670. The molecule has 0 unspecified atom stereocenters. The van der Waals surface area contributed by atoms with E-state index in [4.69, 9.17) is 14.2 Å². The summed E-state index contributed by atoms with van der Waals surface area (Å²) in [6.07, 6.45) is 28.9. The maximum Gasteiger partial charge on any atom is 0.338 e. The van der Waals surface area contributed by atoms with Crippen molar-refractivity contribution in [1.29, 1.82) is 0 Å². The number of aromatic hydroxyl groups is 1. The molecule has 0 atom stereocenters. The second-order valence-electron chi connectivity index (χ2n) is 18.1. The zero-order valence-electron chi connectivity index (χ0n) is 42.2. The van der Waals surface area contributed by atoms with Gasteiger partial charge in [-0.15, -0.1) is 0 Å². The molecular formula is C67H68O5. The normalized spacial score (nSPS) is 14.7. The van der Waals surface area contributed by atoms with E-state index in [1.54, 1.807) is 19.1 Å². The Balaban J connectivity index is 0.999. The Morgan fingerprint density at radius 1 is 0.444 bits per heavy atom. The van der Waals surface area contributed by atoms with Gasteiger partial charge in [0.05, 0.1) is 12.2 Å². The van der Waals surface area contributed by atoms with Gasteiger partial charge in [0.25, 0.3) is 0 Å². The van der Waals surface area contributed by atoms with Crippen LogP contribution in [0.25, 0.3) is 22.3 Å². The predicted molar refractivity (Wildman–Crippen MR) is 293 cm³/mol. The highest BCUT2D eigenvalue weighted by atomic mass is 16.5. The molecule has 12 rings (SSSR count). The summed E-state index contributed by atoms with van der Waals surface area (Å²) in [6.45, 7) is 3.22. The van der Waals surface area contributed by atoms with Gasteiger partial charge in [-0.3, -0.25) is 0 Å². The van der Waals surface area contributed by atoms with Gasteiger partial charge in [0.15, 0.2) is 0 Å². The monoisotopic (exact) mass is 953 g/mol. The summed E-state index contributed by atoms with van der Waals surface area (Å²) in [5.74, 6) is 31.3. The minimum absolute atomic E-state index is 0.0691. The second-order valence-corrected chi connectivity index (χ2v) is 18.1. The molecule has 72 heavy (non-hydrogen) atoms. The number of ether oxygens (including phenoxy) is 3. The average Bonchev–Trinajstić information content (AvgIpc) is 3.40. The number of carbonyl (C=O) groups excluding carboxylic acids is 1. The van der Waals surface area contributed by atoms with Crippen molar-refractivity contribution in [1.82, 2.24) is 0 Å². The van der Waals surface area contributed by atoms with Crippen LogP contribution < -0.4 is 0 Å². The number of hydrogen-bond acceptors (Lipinski definition) is 5. The Hall–Kier alpha value is -7.67. The first kappa shape index (κ1) is 53.7. The highest BCUT2D eigenvalue weighted by Gasteiger charge is 2.18. The van der Waals surface area contributed by atoms with Crippen LogP contribution in [0.5, 0.6) is 5.75 Å². The summed E-state index contributed by atoms with van der Waals surface area (Å²) < 4.78 is 16.6. The van der Waals surface area contributed by atoms with Crippen molar-refractivity contribution in [3.8, 4) is 99.4 Å². The topological polar surface area (TPSA) is 65.0 Å². The summed E-state index contributed by atoms with van der Waals surface area (Å²) in [5, 5.41) is 11.6. The molecule has 0 radical (unpaired) electrons. The van der Waals surface area contributed by atoms with Crippen LogP contribution in [0, 0.1) is 71.4 Å². The molecule has 5 nitrogen and oxygen atoms in total.